The fraction of sp³-hybridized carbons (Fsp3) is 0.500. The minimum Gasteiger partial charge on any atom is -0.339 e. The van der Waals surface area contributed by atoms with Crippen LogP contribution in [0.4, 0.5) is 0 Å². The SMILES string of the molecule is CN(C(=O)C1Cc2ccccc21)C(C)(C)CN. The van der Waals surface area contributed by atoms with Crippen LogP contribution in [0.3, 0.4) is 0 Å². The number of carbonyl (C=O) groups is 1. The van der Waals surface area contributed by atoms with Crippen LogP contribution in [0.5, 0.6) is 0 Å². The predicted molar refractivity (Wildman–Crippen MR) is 68.8 cm³/mol. The number of likely N-dealkylation sites (N-methyl/N-ethyl adjacent to an activating group) is 1. The molecule has 1 aliphatic carbocycles. The Kier molecular flexibility index (Phi) is 2.96. The van der Waals surface area contributed by atoms with Crippen LogP contribution in [0.2, 0.25) is 0 Å². The lowest BCUT2D eigenvalue weighted by molar-refractivity contribution is -0.136. The van der Waals surface area contributed by atoms with Crippen molar-refractivity contribution in [2.75, 3.05) is 13.6 Å². The van der Waals surface area contributed by atoms with Gasteiger partial charge in [-0.2, -0.15) is 0 Å². The van der Waals surface area contributed by atoms with Crippen molar-refractivity contribution in [3.05, 3.63) is 35.4 Å². The lowest BCUT2D eigenvalue weighted by Gasteiger charge is -2.40. The minimum atomic E-state index is -0.276. The number of benzene rings is 1. The van der Waals surface area contributed by atoms with Crippen LogP contribution < -0.4 is 5.73 Å². The van der Waals surface area contributed by atoms with Gasteiger partial charge in [-0.25, -0.2) is 0 Å². The first-order valence-corrected chi connectivity index (χ1v) is 6.03. The third-order valence-corrected chi connectivity index (χ3v) is 3.89. The molecule has 3 nitrogen and oxygen atoms in total. The summed E-state index contributed by atoms with van der Waals surface area (Å²) in [5.74, 6) is 0.209. The van der Waals surface area contributed by atoms with E-state index in [0.717, 1.165) is 6.42 Å². The van der Waals surface area contributed by atoms with Crippen molar-refractivity contribution < 1.29 is 4.79 Å². The molecule has 1 unspecified atom stereocenters. The summed E-state index contributed by atoms with van der Waals surface area (Å²) in [6.45, 7) is 4.47. The van der Waals surface area contributed by atoms with Crippen molar-refractivity contribution in [1.29, 1.82) is 0 Å². The Morgan fingerprint density at radius 3 is 2.71 bits per heavy atom. The zero-order valence-electron chi connectivity index (χ0n) is 10.7. The van der Waals surface area contributed by atoms with E-state index in [1.807, 2.05) is 39.1 Å². The Hall–Kier alpha value is -1.35. The van der Waals surface area contributed by atoms with E-state index in [9.17, 15) is 4.79 Å². The van der Waals surface area contributed by atoms with Crippen LogP contribution in [-0.2, 0) is 11.2 Å². The summed E-state index contributed by atoms with van der Waals surface area (Å²) in [5.41, 5.74) is 7.90. The van der Waals surface area contributed by atoms with E-state index < -0.39 is 0 Å². The lowest BCUT2D eigenvalue weighted by atomic mass is 9.76. The Morgan fingerprint density at radius 2 is 2.12 bits per heavy atom. The third-order valence-electron chi connectivity index (χ3n) is 3.89. The Labute approximate surface area is 103 Å². The van der Waals surface area contributed by atoms with Crippen LogP contribution in [0.25, 0.3) is 0 Å². The fourth-order valence-corrected chi connectivity index (χ4v) is 2.15. The quantitative estimate of drug-likeness (QED) is 0.859. The normalized spacial score (nSPS) is 18.2. The smallest absolute Gasteiger partial charge is 0.230 e. The van der Waals surface area contributed by atoms with E-state index in [1.165, 1.54) is 11.1 Å². The van der Waals surface area contributed by atoms with E-state index in [0.29, 0.717) is 6.54 Å². The maximum Gasteiger partial charge on any atom is 0.230 e. The molecule has 2 N–H and O–H groups in total. The van der Waals surface area contributed by atoms with Gasteiger partial charge in [-0.15, -0.1) is 0 Å². The molecular weight excluding hydrogens is 212 g/mol. The summed E-state index contributed by atoms with van der Waals surface area (Å²) in [7, 11) is 1.84. The molecule has 1 aromatic carbocycles. The Bertz CT molecular complexity index is 440. The van der Waals surface area contributed by atoms with Gasteiger partial charge in [0.15, 0.2) is 0 Å². The number of nitrogens with two attached hydrogens (primary N) is 1. The molecule has 92 valence electrons. The molecule has 0 saturated heterocycles. The number of hydrogen-bond acceptors (Lipinski definition) is 2. The number of amides is 1. The van der Waals surface area contributed by atoms with Crippen LogP contribution in [0.1, 0.15) is 30.9 Å². The highest BCUT2D eigenvalue weighted by atomic mass is 16.2. The number of hydrogen-bond donors (Lipinski definition) is 1. The molecule has 0 heterocycles. The summed E-state index contributed by atoms with van der Waals surface area (Å²) in [4.78, 5) is 14.1. The van der Waals surface area contributed by atoms with E-state index in [4.69, 9.17) is 5.73 Å². The highest BCUT2D eigenvalue weighted by Gasteiger charge is 2.37. The maximum absolute atomic E-state index is 12.4. The first-order chi connectivity index (χ1) is 7.97. The van der Waals surface area contributed by atoms with E-state index in [1.54, 1.807) is 4.90 Å². The summed E-state index contributed by atoms with van der Waals surface area (Å²) in [5, 5.41) is 0. The van der Waals surface area contributed by atoms with Gasteiger partial charge < -0.3 is 10.6 Å². The van der Waals surface area contributed by atoms with Gasteiger partial charge >= 0.3 is 0 Å². The van der Waals surface area contributed by atoms with Crippen LogP contribution in [0.15, 0.2) is 24.3 Å². The van der Waals surface area contributed by atoms with Crippen LogP contribution in [0, 0.1) is 0 Å². The number of nitrogens with zero attached hydrogens (tertiary/aromatic N) is 1. The molecule has 0 saturated carbocycles. The van der Waals surface area contributed by atoms with Crippen LogP contribution in [-0.4, -0.2) is 29.9 Å². The van der Waals surface area contributed by atoms with Gasteiger partial charge in [-0.1, -0.05) is 24.3 Å². The van der Waals surface area contributed by atoms with Gasteiger partial charge in [-0.3, -0.25) is 4.79 Å². The van der Waals surface area contributed by atoms with Crippen molar-refractivity contribution in [1.82, 2.24) is 4.90 Å². The standard InChI is InChI=1S/C14H20N2O/c1-14(2,9-15)16(3)13(17)12-8-10-6-4-5-7-11(10)12/h4-7,12H,8-9,15H2,1-3H3. The predicted octanol–water partition coefficient (Wildman–Crippen LogP) is 1.52. The van der Waals surface area contributed by atoms with E-state index in [2.05, 4.69) is 6.07 Å². The average Bonchev–Trinajstić information content (AvgIpc) is 2.29. The second kappa shape index (κ2) is 4.15. The Balaban J connectivity index is 2.14. The summed E-state index contributed by atoms with van der Waals surface area (Å²) >= 11 is 0. The summed E-state index contributed by atoms with van der Waals surface area (Å²) < 4.78 is 0. The number of carbonyl (C=O) groups excluding carboxylic acids is 1. The lowest BCUT2D eigenvalue weighted by Crippen LogP contribution is -2.52. The van der Waals surface area contributed by atoms with Gasteiger partial charge in [0, 0.05) is 19.1 Å². The maximum atomic E-state index is 12.4. The molecule has 0 aromatic heterocycles. The Morgan fingerprint density at radius 1 is 1.47 bits per heavy atom. The molecular formula is C14H20N2O. The molecule has 1 aliphatic rings. The van der Waals surface area contributed by atoms with Crippen molar-refractivity contribution in [3.63, 3.8) is 0 Å². The number of rotatable bonds is 3. The highest BCUT2D eigenvalue weighted by molar-refractivity contribution is 5.87. The molecule has 3 heteroatoms. The van der Waals surface area contributed by atoms with Crippen molar-refractivity contribution >= 4 is 5.91 Å². The van der Waals surface area contributed by atoms with Gasteiger partial charge in [0.25, 0.3) is 0 Å². The zero-order chi connectivity index (χ0) is 12.6. The average molecular weight is 232 g/mol. The van der Waals surface area contributed by atoms with E-state index in [-0.39, 0.29) is 17.4 Å². The van der Waals surface area contributed by atoms with Crippen molar-refractivity contribution in [2.45, 2.75) is 31.7 Å². The van der Waals surface area contributed by atoms with Gasteiger partial charge in [0.1, 0.15) is 0 Å². The summed E-state index contributed by atoms with van der Waals surface area (Å²) in [6.07, 6.45) is 0.861. The first kappa shape index (κ1) is 12.1. The minimum absolute atomic E-state index is 0.0297. The monoisotopic (exact) mass is 232 g/mol. The molecule has 2 rings (SSSR count). The molecule has 0 aliphatic heterocycles. The van der Waals surface area contributed by atoms with Crippen molar-refractivity contribution in [2.24, 2.45) is 5.73 Å². The molecule has 1 atom stereocenters. The van der Waals surface area contributed by atoms with Gasteiger partial charge in [-0.05, 0) is 31.4 Å². The molecule has 0 bridgehead atoms. The van der Waals surface area contributed by atoms with Gasteiger partial charge in [0.05, 0.1) is 5.92 Å². The fourth-order valence-electron chi connectivity index (χ4n) is 2.15. The third kappa shape index (κ3) is 1.95. The molecule has 0 fully saturated rings. The number of fused-ring (bicyclic) bond motifs is 1. The van der Waals surface area contributed by atoms with E-state index >= 15 is 0 Å². The molecule has 0 spiro atoms. The van der Waals surface area contributed by atoms with Gasteiger partial charge in [0.2, 0.25) is 5.91 Å². The highest BCUT2D eigenvalue weighted by Crippen LogP contribution is 2.36. The second-order valence-corrected chi connectivity index (χ2v) is 5.37. The van der Waals surface area contributed by atoms with Crippen molar-refractivity contribution in [3.8, 4) is 0 Å². The topological polar surface area (TPSA) is 46.3 Å². The first-order valence-electron chi connectivity index (χ1n) is 6.03. The van der Waals surface area contributed by atoms with Crippen LogP contribution >= 0.6 is 0 Å². The zero-order valence-corrected chi connectivity index (χ0v) is 10.7. The largest absolute Gasteiger partial charge is 0.339 e. The molecule has 1 amide bonds. The molecule has 0 radical (unpaired) electrons. The summed E-state index contributed by atoms with van der Waals surface area (Å²) in [6, 6.07) is 8.15. The second-order valence-electron chi connectivity index (χ2n) is 5.37. The molecule has 17 heavy (non-hydrogen) atoms. The molecule has 1 aromatic rings.